The molecule has 4 N–H and O–H groups in total. The number of thiazole rings is 1. The summed E-state index contributed by atoms with van der Waals surface area (Å²) in [5.74, 6) is -0.369. The lowest BCUT2D eigenvalue weighted by Gasteiger charge is -2.24. The number of hydrogen-bond donors (Lipinski definition) is 3. The second-order valence-corrected chi connectivity index (χ2v) is 11.1. The van der Waals surface area contributed by atoms with E-state index in [1.54, 1.807) is 13.8 Å². The zero-order chi connectivity index (χ0) is 24.8. The maximum absolute atomic E-state index is 14.8. The zero-order valence-corrected chi connectivity index (χ0v) is 21.3. The Bertz CT molecular complexity index is 1200. The van der Waals surface area contributed by atoms with Crippen LogP contribution in [-0.2, 0) is 10.3 Å². The largest absolute Gasteiger partial charge is 0.390 e. The van der Waals surface area contributed by atoms with Crippen LogP contribution in [0, 0.1) is 5.82 Å². The Kier molecular flexibility index (Phi) is 7.13. The molecule has 2 fully saturated rings. The lowest BCUT2D eigenvalue weighted by Crippen LogP contribution is -2.31. The first-order valence-electron chi connectivity index (χ1n) is 11.4. The molecule has 3 atom stereocenters. The molecule has 1 aromatic carbocycles. The fourth-order valence-corrected chi connectivity index (χ4v) is 5.90. The minimum Gasteiger partial charge on any atom is -0.390 e. The molecule has 7 nitrogen and oxygen atoms in total. The number of benzene rings is 1. The van der Waals surface area contributed by atoms with Gasteiger partial charge in [-0.3, -0.25) is 0 Å². The van der Waals surface area contributed by atoms with E-state index < -0.39 is 11.4 Å². The van der Waals surface area contributed by atoms with Crippen LogP contribution >= 0.6 is 22.9 Å². The monoisotopic (exact) mass is 508 g/mol. The summed E-state index contributed by atoms with van der Waals surface area (Å²) in [6, 6.07) is 1.37. The van der Waals surface area contributed by atoms with Gasteiger partial charge in [-0.15, -0.1) is 11.3 Å². The van der Waals surface area contributed by atoms with Crippen molar-refractivity contribution in [2.75, 3.05) is 5.73 Å². The van der Waals surface area contributed by atoms with Gasteiger partial charge in [0.2, 0.25) is 5.95 Å². The fraction of sp³-hybridized carbons (Fsp3) is 0.542. The summed E-state index contributed by atoms with van der Waals surface area (Å²) in [4.78, 5) is 12.4. The van der Waals surface area contributed by atoms with E-state index in [1.165, 1.54) is 30.0 Å². The van der Waals surface area contributed by atoms with Gasteiger partial charge in [0.05, 0.1) is 39.9 Å². The van der Waals surface area contributed by atoms with Crippen molar-refractivity contribution in [3.63, 3.8) is 0 Å². The minimum atomic E-state index is -1.15. The van der Waals surface area contributed by atoms with Crippen molar-refractivity contribution in [2.24, 2.45) is 0 Å². The van der Waals surface area contributed by atoms with Crippen LogP contribution in [0.4, 0.5) is 10.3 Å². The van der Waals surface area contributed by atoms with Gasteiger partial charge in [-0.25, -0.2) is 19.3 Å². The van der Waals surface area contributed by atoms with E-state index in [0.717, 1.165) is 24.8 Å². The molecule has 0 spiro atoms. The van der Waals surface area contributed by atoms with Gasteiger partial charge in [0.25, 0.3) is 0 Å². The molecule has 3 aromatic rings. The normalized spacial score (nSPS) is 22.2. The smallest absolute Gasteiger partial charge is 0.220 e. The van der Waals surface area contributed by atoms with Crippen LogP contribution in [0.1, 0.15) is 69.9 Å². The molecule has 2 bridgehead atoms. The molecule has 0 radical (unpaired) electrons. The predicted molar refractivity (Wildman–Crippen MR) is 132 cm³/mol. The third-order valence-corrected chi connectivity index (χ3v) is 7.81. The van der Waals surface area contributed by atoms with E-state index >= 15 is 0 Å². The lowest BCUT2D eigenvalue weighted by molar-refractivity contribution is -0.0746. The molecule has 2 aromatic heterocycles. The molecule has 2 aliphatic rings. The van der Waals surface area contributed by atoms with E-state index in [-0.39, 0.29) is 29.6 Å². The van der Waals surface area contributed by atoms with Crippen molar-refractivity contribution < 1.29 is 19.3 Å². The number of nitrogens with two attached hydrogens (primary N) is 1. The fourth-order valence-electron chi connectivity index (χ4n) is 4.43. The number of halogens is 2. The Morgan fingerprint density at radius 1 is 1.24 bits per heavy atom. The van der Waals surface area contributed by atoms with E-state index in [4.69, 9.17) is 22.1 Å². The molecular weight excluding hydrogens is 479 g/mol. The summed E-state index contributed by atoms with van der Waals surface area (Å²) in [7, 11) is 0. The summed E-state index contributed by atoms with van der Waals surface area (Å²) in [6.45, 7) is 7.25. The highest BCUT2D eigenvalue weighted by Crippen LogP contribution is 2.42. The highest BCUT2D eigenvalue weighted by atomic mass is 35.5. The molecule has 0 saturated carbocycles. The quantitative estimate of drug-likeness (QED) is 0.447. The Morgan fingerprint density at radius 2 is 1.94 bits per heavy atom. The molecule has 2 aliphatic heterocycles. The van der Waals surface area contributed by atoms with E-state index in [1.807, 2.05) is 13.8 Å². The van der Waals surface area contributed by atoms with Gasteiger partial charge >= 0.3 is 0 Å². The Hall–Kier alpha value is -1.91. The number of rotatable bonds is 3. The van der Waals surface area contributed by atoms with Crippen LogP contribution in [0.25, 0.3) is 21.5 Å². The topological polar surface area (TPSA) is 114 Å². The molecular formula is C24H30ClFN4O3S. The zero-order valence-electron chi connectivity index (χ0n) is 19.7. The second kappa shape index (κ2) is 9.62. The van der Waals surface area contributed by atoms with Crippen LogP contribution in [0.2, 0.25) is 5.02 Å². The van der Waals surface area contributed by atoms with Gasteiger partial charge in [-0.2, -0.15) is 0 Å². The van der Waals surface area contributed by atoms with Gasteiger partial charge in [-0.05, 0) is 57.1 Å². The molecule has 34 heavy (non-hydrogen) atoms. The van der Waals surface area contributed by atoms with Crippen molar-refractivity contribution in [1.82, 2.24) is 15.0 Å². The van der Waals surface area contributed by atoms with Gasteiger partial charge in [0.15, 0.2) is 5.82 Å². The van der Waals surface area contributed by atoms with E-state index in [9.17, 15) is 14.6 Å². The molecule has 2 unspecified atom stereocenters. The second-order valence-electron chi connectivity index (χ2n) is 9.67. The molecule has 0 aliphatic carbocycles. The predicted octanol–water partition coefficient (Wildman–Crippen LogP) is 5.17. The van der Waals surface area contributed by atoms with Gasteiger partial charge < -0.3 is 20.7 Å². The highest BCUT2D eigenvalue weighted by Gasteiger charge is 2.35. The molecule has 4 heterocycles. The van der Waals surface area contributed by atoms with E-state index in [0.29, 0.717) is 32.1 Å². The summed E-state index contributed by atoms with van der Waals surface area (Å²) in [5.41, 5.74) is 6.59. The summed E-state index contributed by atoms with van der Waals surface area (Å²) < 4.78 is 20.9. The van der Waals surface area contributed by atoms with Crippen LogP contribution in [0.3, 0.4) is 0 Å². The van der Waals surface area contributed by atoms with Crippen molar-refractivity contribution in [3.05, 3.63) is 33.7 Å². The summed E-state index contributed by atoms with van der Waals surface area (Å²) in [5, 5.41) is 20.3. The number of aromatic nitrogens is 3. The van der Waals surface area contributed by atoms with Crippen molar-refractivity contribution in [1.29, 1.82) is 0 Å². The number of fused-ring (bicyclic) bond motifs is 3. The number of nitrogens with zero attached hydrogens (tertiary/aromatic N) is 3. The van der Waals surface area contributed by atoms with Crippen LogP contribution in [-0.4, -0.2) is 43.5 Å². The number of aliphatic hydroxyl groups excluding tert-OH is 1. The van der Waals surface area contributed by atoms with Gasteiger partial charge in [-0.1, -0.05) is 25.4 Å². The number of ether oxygens (including phenoxy) is 1. The highest BCUT2D eigenvalue weighted by molar-refractivity contribution is 7.19. The Balaban J connectivity index is 0.000000252. The average Bonchev–Trinajstić information content (AvgIpc) is 3.38. The minimum absolute atomic E-state index is 0.0560. The molecule has 0 amide bonds. The number of nitrogen functional groups attached to an aromatic ring is 1. The first-order valence-corrected chi connectivity index (χ1v) is 12.6. The van der Waals surface area contributed by atoms with Crippen LogP contribution in [0.5, 0.6) is 0 Å². The van der Waals surface area contributed by atoms with Crippen molar-refractivity contribution in [2.45, 2.75) is 83.2 Å². The Labute approximate surface area is 207 Å². The summed E-state index contributed by atoms with van der Waals surface area (Å²) in [6.07, 6.45) is 6.17. The third kappa shape index (κ3) is 5.04. The SMILES string of the molecule is CC(C)c1c(-c2nc(N)ncc2Cl)cc(F)c2nc(C(C)(C)O)sc12.OC1CC[C@H]2CCC1O2. The molecule has 10 heteroatoms. The molecule has 5 rings (SSSR count). The lowest BCUT2D eigenvalue weighted by atomic mass is 9.94. The first kappa shape index (κ1) is 25.2. The Morgan fingerprint density at radius 3 is 2.59 bits per heavy atom. The number of hydrogen-bond acceptors (Lipinski definition) is 8. The van der Waals surface area contributed by atoms with Crippen molar-refractivity contribution >= 4 is 39.1 Å². The standard InChI is InChI=1S/C17H18ClFN4OS.C7H12O2/c1-7(2)11-8(12-9(18)6-21-16(20)23-12)5-10(19)13-14(11)25-15(22-13)17(3,4)24;8-6-3-1-5-2-4-7(6)9-5/h5-7,24H,1-4H3,(H2,20,21,23);5-8H,1-4H2/t;5-,6?,7?/m.0/s1. The van der Waals surface area contributed by atoms with Gasteiger partial charge in [0.1, 0.15) is 16.1 Å². The van der Waals surface area contributed by atoms with Gasteiger partial charge in [0, 0.05) is 5.56 Å². The first-order chi connectivity index (χ1) is 16.0. The summed E-state index contributed by atoms with van der Waals surface area (Å²) >= 11 is 7.51. The molecule has 2 saturated heterocycles. The van der Waals surface area contributed by atoms with Crippen molar-refractivity contribution in [3.8, 4) is 11.3 Å². The maximum Gasteiger partial charge on any atom is 0.220 e. The van der Waals surface area contributed by atoms with Crippen LogP contribution in [0.15, 0.2) is 12.3 Å². The van der Waals surface area contributed by atoms with E-state index in [2.05, 4.69) is 15.0 Å². The average molecular weight is 509 g/mol. The maximum atomic E-state index is 14.8. The van der Waals surface area contributed by atoms with Crippen LogP contribution < -0.4 is 5.73 Å². The number of anilines is 1. The molecule has 184 valence electrons. The number of aliphatic hydroxyl groups is 2. The third-order valence-electron chi connectivity index (χ3n) is 6.13.